The predicted molar refractivity (Wildman–Crippen MR) is 82.3 cm³/mol. The van der Waals surface area contributed by atoms with E-state index in [0.29, 0.717) is 17.2 Å². The van der Waals surface area contributed by atoms with Crippen LogP contribution in [0.2, 0.25) is 5.02 Å². The fraction of sp³-hybridized carbons (Fsp3) is 0.375. The fourth-order valence-electron chi connectivity index (χ4n) is 2.90. The molecule has 3 rings (SSSR count). The summed E-state index contributed by atoms with van der Waals surface area (Å²) in [6.45, 7) is 4.85. The van der Waals surface area contributed by atoms with Crippen molar-refractivity contribution in [3.8, 4) is 0 Å². The van der Waals surface area contributed by atoms with Crippen molar-refractivity contribution in [3.63, 3.8) is 0 Å². The first-order valence-corrected chi connectivity index (χ1v) is 7.30. The third kappa shape index (κ3) is 2.06. The SMILES string of the molecule is CC1C(=O)CCN(c2ccc(Cl)c3cccnc23)C1C. The number of hydrogen-bond acceptors (Lipinski definition) is 3. The van der Waals surface area contributed by atoms with Crippen molar-refractivity contribution in [2.45, 2.75) is 26.3 Å². The lowest BCUT2D eigenvalue weighted by molar-refractivity contribution is -0.123. The third-order valence-electron chi connectivity index (χ3n) is 4.33. The zero-order valence-corrected chi connectivity index (χ0v) is 12.4. The van der Waals surface area contributed by atoms with Gasteiger partial charge in [0.2, 0.25) is 0 Å². The molecule has 0 radical (unpaired) electrons. The summed E-state index contributed by atoms with van der Waals surface area (Å²) in [6.07, 6.45) is 2.38. The molecule has 0 saturated carbocycles. The van der Waals surface area contributed by atoms with Crippen LogP contribution in [0.5, 0.6) is 0 Å². The van der Waals surface area contributed by atoms with Crippen LogP contribution in [-0.4, -0.2) is 23.4 Å². The molecule has 2 atom stereocenters. The Hall–Kier alpha value is -1.61. The molecule has 0 bridgehead atoms. The number of halogens is 1. The largest absolute Gasteiger partial charge is 0.366 e. The topological polar surface area (TPSA) is 33.2 Å². The van der Waals surface area contributed by atoms with Gasteiger partial charge >= 0.3 is 0 Å². The van der Waals surface area contributed by atoms with Crippen LogP contribution >= 0.6 is 11.6 Å². The number of pyridine rings is 1. The van der Waals surface area contributed by atoms with Gasteiger partial charge in [-0.1, -0.05) is 18.5 Å². The lowest BCUT2D eigenvalue weighted by atomic mass is 9.90. The maximum Gasteiger partial charge on any atom is 0.139 e. The summed E-state index contributed by atoms with van der Waals surface area (Å²) in [4.78, 5) is 18.6. The maximum atomic E-state index is 11.8. The van der Waals surface area contributed by atoms with Crippen LogP contribution in [0.3, 0.4) is 0 Å². The normalized spacial score (nSPS) is 23.4. The Bertz CT molecular complexity index is 671. The zero-order chi connectivity index (χ0) is 14.3. The van der Waals surface area contributed by atoms with E-state index < -0.39 is 0 Å². The summed E-state index contributed by atoms with van der Waals surface area (Å²) in [5, 5.41) is 1.68. The molecule has 0 spiro atoms. The van der Waals surface area contributed by atoms with Crippen LogP contribution in [0, 0.1) is 5.92 Å². The minimum Gasteiger partial charge on any atom is -0.366 e. The monoisotopic (exact) mass is 288 g/mol. The number of nitrogens with zero attached hydrogens (tertiary/aromatic N) is 2. The van der Waals surface area contributed by atoms with Crippen LogP contribution < -0.4 is 4.90 Å². The van der Waals surface area contributed by atoms with E-state index in [-0.39, 0.29) is 12.0 Å². The number of aromatic nitrogens is 1. The maximum absolute atomic E-state index is 11.8. The minimum atomic E-state index is 0.0539. The molecule has 4 heteroatoms. The molecule has 3 nitrogen and oxygen atoms in total. The Balaban J connectivity index is 2.11. The Labute approximate surface area is 123 Å². The standard InChI is InChI=1S/C16H17ClN2O/c1-10-11(2)19(9-7-15(10)20)14-6-5-13(17)12-4-3-8-18-16(12)14/h3-6,8,10-11H,7,9H2,1-2H3. The Morgan fingerprint density at radius 3 is 2.90 bits per heavy atom. The van der Waals surface area contributed by atoms with Crippen molar-refractivity contribution in [1.82, 2.24) is 4.98 Å². The zero-order valence-electron chi connectivity index (χ0n) is 11.6. The molecule has 1 aromatic carbocycles. The number of fused-ring (bicyclic) bond motifs is 1. The van der Waals surface area contributed by atoms with Gasteiger partial charge in [-0.15, -0.1) is 0 Å². The van der Waals surface area contributed by atoms with Gasteiger partial charge < -0.3 is 4.90 Å². The average Bonchev–Trinajstić information content (AvgIpc) is 2.47. The number of Topliss-reactive ketones (excluding diaryl/α,β-unsaturated/α-hetero) is 1. The fourth-order valence-corrected chi connectivity index (χ4v) is 3.11. The molecule has 1 aliphatic heterocycles. The molecular formula is C16H17ClN2O. The van der Waals surface area contributed by atoms with Crippen LogP contribution in [0.1, 0.15) is 20.3 Å². The molecule has 0 N–H and O–H groups in total. The number of anilines is 1. The molecular weight excluding hydrogens is 272 g/mol. The number of carbonyl (C=O) groups excluding carboxylic acids is 1. The first-order chi connectivity index (χ1) is 9.59. The molecule has 2 aromatic rings. The van der Waals surface area contributed by atoms with Crippen LogP contribution in [0.4, 0.5) is 5.69 Å². The van der Waals surface area contributed by atoms with E-state index in [9.17, 15) is 4.79 Å². The highest BCUT2D eigenvalue weighted by Crippen LogP contribution is 2.34. The summed E-state index contributed by atoms with van der Waals surface area (Å²) in [5.74, 6) is 0.401. The quantitative estimate of drug-likeness (QED) is 0.802. The molecule has 1 aliphatic rings. The second-order valence-electron chi connectivity index (χ2n) is 5.41. The molecule has 0 aliphatic carbocycles. The Morgan fingerprint density at radius 1 is 1.30 bits per heavy atom. The summed E-state index contributed by atoms with van der Waals surface area (Å²) in [7, 11) is 0. The average molecular weight is 289 g/mol. The molecule has 2 heterocycles. The van der Waals surface area contributed by atoms with E-state index in [4.69, 9.17) is 11.6 Å². The van der Waals surface area contributed by atoms with Gasteiger partial charge in [0, 0.05) is 36.5 Å². The first kappa shape index (κ1) is 13.4. The van der Waals surface area contributed by atoms with Crippen LogP contribution in [0.25, 0.3) is 10.9 Å². The smallest absolute Gasteiger partial charge is 0.139 e. The van der Waals surface area contributed by atoms with E-state index in [1.807, 2.05) is 31.2 Å². The second-order valence-corrected chi connectivity index (χ2v) is 5.81. The lowest BCUT2D eigenvalue weighted by Crippen LogP contribution is -2.47. The van der Waals surface area contributed by atoms with Crippen molar-refractivity contribution < 1.29 is 4.79 Å². The predicted octanol–water partition coefficient (Wildman–Crippen LogP) is 3.69. The Kier molecular flexibility index (Phi) is 3.38. The molecule has 1 aromatic heterocycles. The summed E-state index contributed by atoms with van der Waals surface area (Å²) < 4.78 is 0. The highest BCUT2D eigenvalue weighted by Gasteiger charge is 2.31. The first-order valence-electron chi connectivity index (χ1n) is 6.92. The van der Waals surface area contributed by atoms with Crippen LogP contribution in [0.15, 0.2) is 30.5 Å². The van der Waals surface area contributed by atoms with E-state index in [0.717, 1.165) is 23.1 Å². The number of hydrogen-bond donors (Lipinski definition) is 0. The number of benzene rings is 1. The number of ketones is 1. The van der Waals surface area contributed by atoms with Gasteiger partial charge in [0.25, 0.3) is 0 Å². The minimum absolute atomic E-state index is 0.0539. The molecule has 2 unspecified atom stereocenters. The van der Waals surface area contributed by atoms with Crippen molar-refractivity contribution in [2.24, 2.45) is 5.92 Å². The van der Waals surface area contributed by atoms with Gasteiger partial charge in [-0.05, 0) is 31.2 Å². The Morgan fingerprint density at radius 2 is 2.10 bits per heavy atom. The van der Waals surface area contributed by atoms with Gasteiger partial charge in [0.1, 0.15) is 5.78 Å². The highest BCUT2D eigenvalue weighted by molar-refractivity contribution is 6.35. The van der Waals surface area contributed by atoms with Gasteiger partial charge in [-0.25, -0.2) is 0 Å². The van der Waals surface area contributed by atoms with Crippen molar-refractivity contribution in [2.75, 3.05) is 11.4 Å². The molecule has 20 heavy (non-hydrogen) atoms. The van der Waals surface area contributed by atoms with Gasteiger partial charge in [-0.2, -0.15) is 0 Å². The van der Waals surface area contributed by atoms with Crippen molar-refractivity contribution >= 4 is 34.0 Å². The molecule has 1 fully saturated rings. The highest BCUT2D eigenvalue weighted by atomic mass is 35.5. The van der Waals surface area contributed by atoms with E-state index in [1.165, 1.54) is 0 Å². The van der Waals surface area contributed by atoms with Crippen molar-refractivity contribution in [1.29, 1.82) is 0 Å². The van der Waals surface area contributed by atoms with Crippen LogP contribution in [-0.2, 0) is 4.79 Å². The van der Waals surface area contributed by atoms with Gasteiger partial charge in [-0.3, -0.25) is 9.78 Å². The molecule has 1 saturated heterocycles. The van der Waals surface area contributed by atoms with E-state index in [2.05, 4.69) is 16.8 Å². The number of rotatable bonds is 1. The van der Waals surface area contributed by atoms with Gasteiger partial charge in [0.05, 0.1) is 16.2 Å². The summed E-state index contributed by atoms with van der Waals surface area (Å²) in [5.41, 5.74) is 1.98. The second kappa shape index (κ2) is 5.06. The summed E-state index contributed by atoms with van der Waals surface area (Å²) in [6, 6.07) is 7.98. The van der Waals surface area contributed by atoms with E-state index >= 15 is 0 Å². The number of carbonyl (C=O) groups is 1. The molecule has 0 amide bonds. The summed E-state index contributed by atoms with van der Waals surface area (Å²) >= 11 is 6.24. The number of piperidine rings is 1. The third-order valence-corrected chi connectivity index (χ3v) is 4.66. The lowest BCUT2D eigenvalue weighted by Gasteiger charge is -2.39. The van der Waals surface area contributed by atoms with Gasteiger partial charge in [0.15, 0.2) is 0 Å². The van der Waals surface area contributed by atoms with E-state index in [1.54, 1.807) is 6.20 Å². The molecule has 104 valence electrons. The van der Waals surface area contributed by atoms with Crippen molar-refractivity contribution in [3.05, 3.63) is 35.5 Å².